The summed E-state index contributed by atoms with van der Waals surface area (Å²) in [5.41, 5.74) is 3.44. The molecule has 1 nitrogen and oxygen atoms in total. The second-order valence-electron chi connectivity index (χ2n) is 5.57. The number of nitrogens with one attached hydrogen (secondary N) is 1. The van der Waals surface area contributed by atoms with Gasteiger partial charge in [-0.1, -0.05) is 42.5 Å². The zero-order valence-corrected chi connectivity index (χ0v) is 11.9. The monoisotopic (exact) mass is 287 g/mol. The molecular formula is C18H19F2N. The van der Waals surface area contributed by atoms with Gasteiger partial charge in [0.25, 0.3) is 5.92 Å². The lowest BCUT2D eigenvalue weighted by Crippen LogP contribution is -2.25. The average molecular weight is 287 g/mol. The topological polar surface area (TPSA) is 12.0 Å². The Bertz CT molecular complexity index is 608. The van der Waals surface area contributed by atoms with Crippen molar-refractivity contribution in [3.63, 3.8) is 0 Å². The van der Waals surface area contributed by atoms with Crippen LogP contribution in [0.2, 0.25) is 0 Å². The van der Waals surface area contributed by atoms with E-state index < -0.39 is 5.92 Å². The highest BCUT2D eigenvalue weighted by Crippen LogP contribution is 2.31. The normalized spacial score (nSPS) is 14.6. The quantitative estimate of drug-likeness (QED) is 0.854. The molecule has 1 aliphatic carbocycles. The number of anilines is 1. The summed E-state index contributed by atoms with van der Waals surface area (Å²) in [5, 5.41) is 2.96. The maximum absolute atomic E-state index is 14.2. The fraction of sp³-hybridized carbons (Fsp3) is 0.333. The summed E-state index contributed by atoms with van der Waals surface area (Å²) in [6.07, 6.45) is 4.37. The largest absolute Gasteiger partial charge is 0.378 e. The third-order valence-electron chi connectivity index (χ3n) is 4.09. The van der Waals surface area contributed by atoms with Crippen molar-refractivity contribution in [2.75, 3.05) is 11.9 Å². The minimum Gasteiger partial charge on any atom is -0.378 e. The number of hydrogen-bond donors (Lipinski definition) is 1. The smallest absolute Gasteiger partial charge is 0.290 e. The van der Waals surface area contributed by atoms with Gasteiger partial charge in [-0.2, -0.15) is 8.78 Å². The predicted octanol–water partition coefficient (Wildman–Crippen LogP) is 4.77. The fourth-order valence-corrected chi connectivity index (χ4v) is 2.94. The Labute approximate surface area is 124 Å². The maximum Gasteiger partial charge on any atom is 0.290 e. The van der Waals surface area contributed by atoms with E-state index in [2.05, 4.69) is 11.4 Å². The first-order valence-electron chi connectivity index (χ1n) is 7.45. The highest BCUT2D eigenvalue weighted by Gasteiger charge is 2.31. The lowest BCUT2D eigenvalue weighted by Gasteiger charge is -2.23. The van der Waals surface area contributed by atoms with Crippen molar-refractivity contribution >= 4 is 5.69 Å². The summed E-state index contributed by atoms with van der Waals surface area (Å²) in [6.45, 7) is -0.368. The van der Waals surface area contributed by atoms with Crippen LogP contribution >= 0.6 is 0 Å². The molecule has 0 aromatic heterocycles. The minimum atomic E-state index is -2.86. The zero-order chi connectivity index (χ0) is 14.7. The van der Waals surface area contributed by atoms with Crippen LogP contribution < -0.4 is 5.32 Å². The van der Waals surface area contributed by atoms with Gasteiger partial charge in [-0.15, -0.1) is 0 Å². The van der Waals surface area contributed by atoms with Crippen LogP contribution in [-0.4, -0.2) is 6.54 Å². The summed E-state index contributed by atoms with van der Waals surface area (Å²) >= 11 is 0. The van der Waals surface area contributed by atoms with Gasteiger partial charge in [0.1, 0.15) is 0 Å². The van der Waals surface area contributed by atoms with Crippen LogP contribution in [-0.2, 0) is 18.8 Å². The van der Waals surface area contributed by atoms with Gasteiger partial charge in [-0.05, 0) is 42.9 Å². The van der Waals surface area contributed by atoms with Crippen LogP contribution in [0.4, 0.5) is 14.5 Å². The number of benzene rings is 2. The zero-order valence-electron chi connectivity index (χ0n) is 11.9. The summed E-state index contributed by atoms with van der Waals surface area (Å²) in [5.74, 6) is -2.86. The third-order valence-corrected chi connectivity index (χ3v) is 4.09. The number of fused-ring (bicyclic) bond motifs is 1. The molecule has 0 radical (unpaired) electrons. The number of halogens is 2. The highest BCUT2D eigenvalue weighted by atomic mass is 19.3. The molecule has 0 fully saturated rings. The molecule has 0 atom stereocenters. The van der Waals surface area contributed by atoms with Crippen molar-refractivity contribution in [3.05, 3.63) is 65.2 Å². The van der Waals surface area contributed by atoms with Gasteiger partial charge >= 0.3 is 0 Å². The second kappa shape index (κ2) is 5.84. The summed E-state index contributed by atoms with van der Waals surface area (Å²) in [7, 11) is 0. The van der Waals surface area contributed by atoms with Gasteiger partial charge in [-0.25, -0.2) is 0 Å². The van der Waals surface area contributed by atoms with Crippen molar-refractivity contribution in [1.82, 2.24) is 0 Å². The summed E-state index contributed by atoms with van der Waals surface area (Å²) in [4.78, 5) is 0. The Balaban J connectivity index is 1.76. The van der Waals surface area contributed by atoms with Crippen molar-refractivity contribution in [2.45, 2.75) is 31.6 Å². The van der Waals surface area contributed by atoms with E-state index in [-0.39, 0.29) is 12.1 Å². The van der Waals surface area contributed by atoms with Crippen molar-refractivity contribution in [1.29, 1.82) is 0 Å². The van der Waals surface area contributed by atoms with Crippen molar-refractivity contribution < 1.29 is 8.78 Å². The van der Waals surface area contributed by atoms with Crippen LogP contribution in [0.25, 0.3) is 0 Å². The second-order valence-corrected chi connectivity index (χ2v) is 5.57. The van der Waals surface area contributed by atoms with Crippen LogP contribution in [0, 0.1) is 0 Å². The standard InChI is InChI=1S/C18H19F2N/c19-18(20,15-9-2-1-3-10-15)13-21-17-12-6-8-14-7-4-5-11-16(14)17/h1-3,6,8-10,12,21H,4-5,7,11,13H2. The van der Waals surface area contributed by atoms with Gasteiger partial charge < -0.3 is 5.32 Å². The molecule has 0 bridgehead atoms. The van der Waals surface area contributed by atoms with E-state index in [1.807, 2.05) is 12.1 Å². The fourth-order valence-electron chi connectivity index (χ4n) is 2.94. The Hall–Kier alpha value is -1.90. The SMILES string of the molecule is FC(F)(CNc1cccc2c1CCCC2)c1ccccc1. The molecule has 0 spiro atoms. The molecule has 0 unspecified atom stereocenters. The Morgan fingerprint density at radius 2 is 1.67 bits per heavy atom. The van der Waals surface area contributed by atoms with E-state index >= 15 is 0 Å². The van der Waals surface area contributed by atoms with E-state index in [0.717, 1.165) is 24.9 Å². The molecule has 2 aromatic carbocycles. The molecule has 1 aliphatic rings. The molecule has 3 rings (SSSR count). The molecule has 110 valence electrons. The van der Waals surface area contributed by atoms with Gasteiger partial charge in [0.05, 0.1) is 6.54 Å². The highest BCUT2D eigenvalue weighted by molar-refractivity contribution is 5.56. The molecule has 0 heterocycles. The lowest BCUT2D eigenvalue weighted by atomic mass is 9.90. The van der Waals surface area contributed by atoms with Gasteiger partial charge in [0.2, 0.25) is 0 Å². The van der Waals surface area contributed by atoms with Crippen molar-refractivity contribution in [2.24, 2.45) is 0 Å². The Morgan fingerprint density at radius 1 is 0.905 bits per heavy atom. The maximum atomic E-state index is 14.2. The molecule has 0 saturated heterocycles. The number of aryl methyl sites for hydroxylation is 1. The van der Waals surface area contributed by atoms with Crippen LogP contribution in [0.3, 0.4) is 0 Å². The molecule has 21 heavy (non-hydrogen) atoms. The molecular weight excluding hydrogens is 268 g/mol. The molecule has 0 aliphatic heterocycles. The van der Waals surface area contributed by atoms with Crippen LogP contribution in [0.5, 0.6) is 0 Å². The molecule has 2 aromatic rings. The molecule has 0 saturated carbocycles. The number of rotatable bonds is 4. The van der Waals surface area contributed by atoms with E-state index in [1.54, 1.807) is 18.2 Å². The molecule has 1 N–H and O–H groups in total. The number of alkyl halides is 2. The van der Waals surface area contributed by atoms with E-state index in [0.29, 0.717) is 0 Å². The molecule has 0 amide bonds. The average Bonchev–Trinajstić information content (AvgIpc) is 2.54. The first-order chi connectivity index (χ1) is 10.2. The van der Waals surface area contributed by atoms with Crippen molar-refractivity contribution in [3.8, 4) is 0 Å². The first kappa shape index (κ1) is 14.1. The third kappa shape index (κ3) is 3.07. The Kier molecular flexibility index (Phi) is 3.91. The first-order valence-corrected chi connectivity index (χ1v) is 7.45. The number of hydrogen-bond acceptors (Lipinski definition) is 1. The van der Waals surface area contributed by atoms with Crippen LogP contribution in [0.15, 0.2) is 48.5 Å². The van der Waals surface area contributed by atoms with E-state index in [1.165, 1.54) is 29.7 Å². The lowest BCUT2D eigenvalue weighted by molar-refractivity contribution is 0.0106. The summed E-state index contributed by atoms with van der Waals surface area (Å²) < 4.78 is 28.4. The van der Waals surface area contributed by atoms with E-state index in [4.69, 9.17) is 0 Å². The van der Waals surface area contributed by atoms with Crippen LogP contribution in [0.1, 0.15) is 29.5 Å². The Morgan fingerprint density at radius 3 is 2.48 bits per heavy atom. The predicted molar refractivity (Wildman–Crippen MR) is 81.9 cm³/mol. The molecule has 3 heteroatoms. The van der Waals surface area contributed by atoms with Gasteiger partial charge in [0.15, 0.2) is 0 Å². The summed E-state index contributed by atoms with van der Waals surface area (Å²) in [6, 6.07) is 14.0. The van der Waals surface area contributed by atoms with E-state index in [9.17, 15) is 8.78 Å². The minimum absolute atomic E-state index is 0.0577. The van der Waals surface area contributed by atoms with Gasteiger partial charge in [0, 0.05) is 11.3 Å². The van der Waals surface area contributed by atoms with Gasteiger partial charge in [-0.3, -0.25) is 0 Å².